The second-order valence-corrected chi connectivity index (χ2v) is 8.42. The summed E-state index contributed by atoms with van der Waals surface area (Å²) in [5.41, 5.74) is 1.47. The topological polar surface area (TPSA) is 90.5 Å². The normalized spacial score (nSPS) is 16.2. The van der Waals surface area contributed by atoms with Crippen molar-refractivity contribution in [3.05, 3.63) is 35.4 Å². The number of nitrogens with zero attached hydrogens (tertiary/aromatic N) is 1. The van der Waals surface area contributed by atoms with Crippen LogP contribution in [0.4, 0.5) is 0 Å². The molecule has 7 nitrogen and oxygen atoms in total. The van der Waals surface area contributed by atoms with Gasteiger partial charge in [0.1, 0.15) is 6.04 Å². The maximum absolute atomic E-state index is 12.9. The van der Waals surface area contributed by atoms with Gasteiger partial charge in [-0.05, 0) is 43.7 Å². The van der Waals surface area contributed by atoms with Crippen molar-refractivity contribution in [2.45, 2.75) is 59.0 Å². The number of nitrogens with one attached hydrogen (secondary N) is 3. The third-order valence-electron chi connectivity index (χ3n) is 5.50. The predicted octanol–water partition coefficient (Wildman–Crippen LogP) is 1.86. The van der Waals surface area contributed by atoms with Gasteiger partial charge in [-0.2, -0.15) is 0 Å². The van der Waals surface area contributed by atoms with E-state index in [0.29, 0.717) is 18.7 Å². The molecule has 0 spiro atoms. The predicted molar refractivity (Wildman–Crippen MR) is 118 cm³/mol. The van der Waals surface area contributed by atoms with E-state index in [2.05, 4.69) is 20.9 Å². The van der Waals surface area contributed by atoms with Crippen molar-refractivity contribution in [2.24, 2.45) is 5.92 Å². The molecular weight excluding hydrogens is 380 g/mol. The standard InChI is InChI=1S/C23H36N4O3/c1-5-12-24-20(28)15-27-13-10-18(11-14-27)25-23(30)21(16(2)3)26-22(29)19-9-7-6-8-17(19)4/h6-9,16,18,21H,5,10-15H2,1-4H3,(H,24,28)(H,25,30)(H,26,29). The Hall–Kier alpha value is -2.41. The first kappa shape index (κ1) is 23.9. The van der Waals surface area contributed by atoms with Crippen LogP contribution < -0.4 is 16.0 Å². The molecule has 1 aliphatic heterocycles. The number of aryl methyl sites for hydroxylation is 1. The van der Waals surface area contributed by atoms with Gasteiger partial charge in [0.05, 0.1) is 6.54 Å². The molecule has 0 saturated carbocycles. The van der Waals surface area contributed by atoms with Crippen molar-refractivity contribution < 1.29 is 14.4 Å². The van der Waals surface area contributed by atoms with E-state index >= 15 is 0 Å². The van der Waals surface area contributed by atoms with Crippen LogP contribution in [-0.4, -0.2) is 60.9 Å². The zero-order valence-electron chi connectivity index (χ0n) is 18.7. The fourth-order valence-electron chi connectivity index (χ4n) is 3.63. The fraction of sp³-hybridized carbons (Fsp3) is 0.609. The molecule has 1 fully saturated rings. The lowest BCUT2D eigenvalue weighted by molar-refractivity contribution is -0.126. The third-order valence-corrected chi connectivity index (χ3v) is 5.50. The quantitative estimate of drug-likeness (QED) is 0.573. The second kappa shape index (κ2) is 11.7. The zero-order chi connectivity index (χ0) is 22.1. The van der Waals surface area contributed by atoms with Crippen LogP contribution in [0.15, 0.2) is 24.3 Å². The number of carbonyl (C=O) groups is 3. The molecule has 30 heavy (non-hydrogen) atoms. The monoisotopic (exact) mass is 416 g/mol. The van der Waals surface area contributed by atoms with Gasteiger partial charge >= 0.3 is 0 Å². The minimum absolute atomic E-state index is 0.0275. The smallest absolute Gasteiger partial charge is 0.252 e. The molecule has 1 unspecified atom stereocenters. The molecule has 3 amide bonds. The Balaban J connectivity index is 1.85. The summed E-state index contributed by atoms with van der Waals surface area (Å²) in [5, 5.41) is 8.90. The van der Waals surface area contributed by atoms with Crippen LogP contribution in [0.25, 0.3) is 0 Å². The molecule has 3 N–H and O–H groups in total. The molecule has 7 heteroatoms. The van der Waals surface area contributed by atoms with Crippen LogP contribution >= 0.6 is 0 Å². The molecule has 1 aliphatic rings. The SMILES string of the molecule is CCCNC(=O)CN1CCC(NC(=O)C(NC(=O)c2ccccc2C)C(C)C)CC1. The van der Waals surface area contributed by atoms with Crippen LogP contribution in [0, 0.1) is 12.8 Å². The van der Waals surface area contributed by atoms with Gasteiger partial charge in [-0.3, -0.25) is 19.3 Å². The Morgan fingerprint density at radius 3 is 2.40 bits per heavy atom. The number of hydrogen-bond acceptors (Lipinski definition) is 4. The number of likely N-dealkylation sites (tertiary alicyclic amines) is 1. The van der Waals surface area contributed by atoms with E-state index in [4.69, 9.17) is 0 Å². The van der Waals surface area contributed by atoms with Crippen molar-refractivity contribution in [3.63, 3.8) is 0 Å². The van der Waals surface area contributed by atoms with Crippen LogP contribution in [0.1, 0.15) is 56.0 Å². The van der Waals surface area contributed by atoms with Crippen molar-refractivity contribution >= 4 is 17.7 Å². The lowest BCUT2D eigenvalue weighted by Gasteiger charge is -2.33. The van der Waals surface area contributed by atoms with Gasteiger partial charge in [-0.15, -0.1) is 0 Å². The number of carbonyl (C=O) groups excluding carboxylic acids is 3. The Morgan fingerprint density at radius 2 is 1.80 bits per heavy atom. The molecule has 2 rings (SSSR count). The lowest BCUT2D eigenvalue weighted by Crippen LogP contribution is -2.54. The van der Waals surface area contributed by atoms with Gasteiger partial charge in [0.2, 0.25) is 11.8 Å². The number of benzene rings is 1. The zero-order valence-corrected chi connectivity index (χ0v) is 18.7. The minimum atomic E-state index is -0.588. The summed E-state index contributed by atoms with van der Waals surface area (Å²) in [7, 11) is 0. The van der Waals surface area contributed by atoms with E-state index in [1.165, 1.54) is 0 Å². The average molecular weight is 417 g/mol. The van der Waals surface area contributed by atoms with Crippen LogP contribution in [0.3, 0.4) is 0 Å². The van der Waals surface area contributed by atoms with Gasteiger partial charge in [0.25, 0.3) is 5.91 Å². The molecule has 1 saturated heterocycles. The van der Waals surface area contributed by atoms with Gasteiger partial charge in [0.15, 0.2) is 0 Å². The van der Waals surface area contributed by atoms with Crippen LogP contribution in [-0.2, 0) is 9.59 Å². The van der Waals surface area contributed by atoms with Crippen LogP contribution in [0.2, 0.25) is 0 Å². The molecule has 166 valence electrons. The minimum Gasteiger partial charge on any atom is -0.355 e. The summed E-state index contributed by atoms with van der Waals surface area (Å²) in [4.78, 5) is 39.5. The Labute approximate surface area is 180 Å². The Bertz CT molecular complexity index is 727. The van der Waals surface area contributed by atoms with E-state index in [1.54, 1.807) is 6.07 Å². The highest BCUT2D eigenvalue weighted by molar-refractivity contribution is 5.98. The lowest BCUT2D eigenvalue weighted by atomic mass is 9.99. The van der Waals surface area contributed by atoms with E-state index in [1.807, 2.05) is 45.9 Å². The van der Waals surface area contributed by atoms with E-state index in [0.717, 1.165) is 37.9 Å². The van der Waals surface area contributed by atoms with Crippen molar-refractivity contribution in [2.75, 3.05) is 26.2 Å². The van der Waals surface area contributed by atoms with E-state index in [-0.39, 0.29) is 29.7 Å². The number of piperidine rings is 1. The highest BCUT2D eigenvalue weighted by Crippen LogP contribution is 2.13. The molecule has 0 aliphatic carbocycles. The largest absolute Gasteiger partial charge is 0.355 e. The average Bonchev–Trinajstić information content (AvgIpc) is 2.71. The fourth-order valence-corrected chi connectivity index (χ4v) is 3.63. The van der Waals surface area contributed by atoms with Crippen molar-refractivity contribution in [1.82, 2.24) is 20.9 Å². The molecule has 0 radical (unpaired) electrons. The molecule has 1 heterocycles. The Morgan fingerprint density at radius 1 is 1.13 bits per heavy atom. The molecule has 1 aromatic carbocycles. The van der Waals surface area contributed by atoms with E-state index in [9.17, 15) is 14.4 Å². The summed E-state index contributed by atoms with van der Waals surface area (Å²) in [5.74, 6) is -0.348. The number of hydrogen-bond donors (Lipinski definition) is 3. The highest BCUT2D eigenvalue weighted by atomic mass is 16.2. The van der Waals surface area contributed by atoms with Gasteiger partial charge in [-0.1, -0.05) is 39.0 Å². The second-order valence-electron chi connectivity index (χ2n) is 8.42. The molecule has 0 bridgehead atoms. The summed E-state index contributed by atoms with van der Waals surface area (Å²) in [6.45, 7) is 10.4. The first-order valence-corrected chi connectivity index (χ1v) is 11.0. The summed E-state index contributed by atoms with van der Waals surface area (Å²) in [6, 6.07) is 6.84. The molecule has 0 aromatic heterocycles. The van der Waals surface area contributed by atoms with E-state index < -0.39 is 6.04 Å². The summed E-state index contributed by atoms with van der Waals surface area (Å²) < 4.78 is 0. The maximum atomic E-state index is 12.9. The Kier molecular flexibility index (Phi) is 9.30. The van der Waals surface area contributed by atoms with Crippen LogP contribution in [0.5, 0.6) is 0 Å². The molecule has 1 atom stereocenters. The van der Waals surface area contributed by atoms with Crippen molar-refractivity contribution in [1.29, 1.82) is 0 Å². The third kappa shape index (κ3) is 7.13. The number of rotatable bonds is 9. The first-order chi connectivity index (χ1) is 14.3. The maximum Gasteiger partial charge on any atom is 0.252 e. The summed E-state index contributed by atoms with van der Waals surface area (Å²) >= 11 is 0. The highest BCUT2D eigenvalue weighted by Gasteiger charge is 2.28. The van der Waals surface area contributed by atoms with Crippen molar-refractivity contribution in [3.8, 4) is 0 Å². The summed E-state index contributed by atoms with van der Waals surface area (Å²) in [6.07, 6.45) is 2.52. The molecule has 1 aromatic rings. The molecular formula is C23H36N4O3. The first-order valence-electron chi connectivity index (χ1n) is 11.0. The van der Waals surface area contributed by atoms with Gasteiger partial charge in [-0.25, -0.2) is 0 Å². The van der Waals surface area contributed by atoms with Gasteiger partial charge < -0.3 is 16.0 Å². The van der Waals surface area contributed by atoms with Gasteiger partial charge in [0, 0.05) is 31.2 Å². The number of amides is 3.